The molecule has 19 heavy (non-hydrogen) atoms. The molecule has 2 aromatic rings. The standard InChI is InChI=1S/C14H14N2O2S/c1-19-13-7-5-10(6-8-13)14(15)11-3-2-4-12(9-11)16(17)18/h2-9,14H,15H2,1H3. The van der Waals surface area contributed by atoms with E-state index in [1.165, 1.54) is 12.1 Å². The Hall–Kier alpha value is -1.85. The van der Waals surface area contributed by atoms with Crippen molar-refractivity contribution in [3.63, 3.8) is 0 Å². The van der Waals surface area contributed by atoms with Crippen LogP contribution in [0.2, 0.25) is 0 Å². The Kier molecular flexibility index (Phi) is 4.19. The second-order valence-corrected chi connectivity index (χ2v) is 4.98. The molecule has 0 amide bonds. The van der Waals surface area contributed by atoms with E-state index in [2.05, 4.69) is 0 Å². The van der Waals surface area contributed by atoms with Crippen molar-refractivity contribution < 1.29 is 4.92 Å². The molecule has 0 radical (unpaired) electrons. The molecule has 1 atom stereocenters. The number of nitro benzene ring substituents is 1. The molecule has 4 nitrogen and oxygen atoms in total. The lowest BCUT2D eigenvalue weighted by atomic mass is 9.99. The van der Waals surface area contributed by atoms with Gasteiger partial charge in [0.25, 0.3) is 5.69 Å². The molecule has 1 unspecified atom stereocenters. The van der Waals surface area contributed by atoms with Crippen LogP contribution in [-0.4, -0.2) is 11.2 Å². The van der Waals surface area contributed by atoms with E-state index in [1.54, 1.807) is 23.9 Å². The summed E-state index contributed by atoms with van der Waals surface area (Å²) in [6, 6.07) is 14.0. The summed E-state index contributed by atoms with van der Waals surface area (Å²) in [5, 5.41) is 10.8. The fraction of sp³-hybridized carbons (Fsp3) is 0.143. The third-order valence-corrected chi connectivity index (χ3v) is 3.66. The van der Waals surface area contributed by atoms with E-state index in [1.807, 2.05) is 30.5 Å². The zero-order chi connectivity index (χ0) is 13.8. The predicted octanol–water partition coefficient (Wildman–Crippen LogP) is 3.36. The van der Waals surface area contributed by atoms with Gasteiger partial charge < -0.3 is 5.73 Å². The van der Waals surface area contributed by atoms with Crippen LogP contribution in [0.3, 0.4) is 0 Å². The minimum atomic E-state index is -0.410. The first-order chi connectivity index (χ1) is 9.11. The molecule has 0 heterocycles. The van der Waals surface area contributed by atoms with Gasteiger partial charge in [-0.15, -0.1) is 11.8 Å². The number of hydrogen-bond donors (Lipinski definition) is 1. The molecule has 2 rings (SSSR count). The van der Waals surface area contributed by atoms with Gasteiger partial charge in [-0.05, 0) is 29.5 Å². The molecule has 0 saturated heterocycles. The van der Waals surface area contributed by atoms with Gasteiger partial charge in [0.05, 0.1) is 11.0 Å². The average Bonchev–Trinajstić information content (AvgIpc) is 2.46. The van der Waals surface area contributed by atoms with Crippen LogP contribution in [0, 0.1) is 10.1 Å². The van der Waals surface area contributed by atoms with Crippen LogP contribution >= 0.6 is 11.8 Å². The maximum Gasteiger partial charge on any atom is 0.269 e. The summed E-state index contributed by atoms with van der Waals surface area (Å²) in [7, 11) is 0. The highest BCUT2D eigenvalue weighted by Gasteiger charge is 2.12. The van der Waals surface area contributed by atoms with Gasteiger partial charge in [0.1, 0.15) is 0 Å². The predicted molar refractivity (Wildman–Crippen MR) is 77.3 cm³/mol. The Balaban J connectivity index is 2.29. The summed E-state index contributed by atoms with van der Waals surface area (Å²) >= 11 is 1.66. The molecule has 0 bridgehead atoms. The van der Waals surface area contributed by atoms with Crippen molar-refractivity contribution in [2.75, 3.05) is 6.26 Å². The fourth-order valence-corrected chi connectivity index (χ4v) is 2.24. The van der Waals surface area contributed by atoms with Crippen LogP contribution in [0.25, 0.3) is 0 Å². The van der Waals surface area contributed by atoms with E-state index in [0.29, 0.717) is 0 Å². The molecular formula is C14H14N2O2S. The summed E-state index contributed by atoms with van der Waals surface area (Å²) in [5.74, 6) is 0. The Labute approximate surface area is 115 Å². The average molecular weight is 274 g/mol. The molecule has 0 aliphatic carbocycles. The highest BCUT2D eigenvalue weighted by atomic mass is 32.2. The number of thioether (sulfide) groups is 1. The van der Waals surface area contributed by atoms with E-state index < -0.39 is 4.92 Å². The number of nitrogens with two attached hydrogens (primary N) is 1. The van der Waals surface area contributed by atoms with E-state index in [0.717, 1.165) is 16.0 Å². The smallest absolute Gasteiger partial charge is 0.269 e. The molecule has 0 aliphatic rings. The topological polar surface area (TPSA) is 69.2 Å². The molecule has 98 valence electrons. The van der Waals surface area contributed by atoms with Crippen molar-refractivity contribution in [3.05, 3.63) is 69.8 Å². The number of rotatable bonds is 4. The molecule has 0 aromatic heterocycles. The molecule has 5 heteroatoms. The van der Waals surface area contributed by atoms with Crippen molar-refractivity contribution in [2.45, 2.75) is 10.9 Å². The molecule has 0 aliphatic heterocycles. The molecule has 2 aromatic carbocycles. The third-order valence-electron chi connectivity index (χ3n) is 2.92. The van der Waals surface area contributed by atoms with Crippen molar-refractivity contribution in [1.82, 2.24) is 0 Å². The largest absolute Gasteiger partial charge is 0.320 e. The van der Waals surface area contributed by atoms with Gasteiger partial charge >= 0.3 is 0 Å². The van der Waals surface area contributed by atoms with Gasteiger partial charge in [0.15, 0.2) is 0 Å². The minimum absolute atomic E-state index is 0.0636. The summed E-state index contributed by atoms with van der Waals surface area (Å²) < 4.78 is 0. The SMILES string of the molecule is CSc1ccc(C(N)c2cccc([N+](=O)[O-])c2)cc1. The fourth-order valence-electron chi connectivity index (χ4n) is 1.84. The lowest BCUT2D eigenvalue weighted by Crippen LogP contribution is -2.11. The number of benzene rings is 2. The van der Waals surface area contributed by atoms with E-state index in [4.69, 9.17) is 5.73 Å². The highest BCUT2D eigenvalue weighted by molar-refractivity contribution is 7.98. The van der Waals surface area contributed by atoms with Gasteiger partial charge in [0.2, 0.25) is 0 Å². The van der Waals surface area contributed by atoms with Crippen LogP contribution in [0.1, 0.15) is 17.2 Å². The number of hydrogen-bond acceptors (Lipinski definition) is 4. The number of nitrogens with zero attached hydrogens (tertiary/aromatic N) is 1. The quantitative estimate of drug-likeness (QED) is 0.527. The van der Waals surface area contributed by atoms with Crippen LogP contribution in [0.5, 0.6) is 0 Å². The zero-order valence-electron chi connectivity index (χ0n) is 10.4. The molecule has 2 N–H and O–H groups in total. The van der Waals surface area contributed by atoms with Gasteiger partial charge in [-0.25, -0.2) is 0 Å². The third kappa shape index (κ3) is 3.13. The number of non-ortho nitro benzene ring substituents is 1. The van der Waals surface area contributed by atoms with Crippen LogP contribution in [0.4, 0.5) is 5.69 Å². The summed E-state index contributed by atoms with van der Waals surface area (Å²) in [4.78, 5) is 11.5. The Bertz CT molecular complexity index is 584. The van der Waals surface area contributed by atoms with Crippen molar-refractivity contribution in [1.29, 1.82) is 0 Å². The highest BCUT2D eigenvalue weighted by Crippen LogP contribution is 2.24. The van der Waals surface area contributed by atoms with E-state index in [-0.39, 0.29) is 11.7 Å². The molecule has 0 fully saturated rings. The van der Waals surface area contributed by atoms with Crippen molar-refractivity contribution >= 4 is 17.4 Å². The summed E-state index contributed by atoms with van der Waals surface area (Å²) in [6.07, 6.45) is 2.01. The van der Waals surface area contributed by atoms with Gasteiger partial charge in [0, 0.05) is 17.0 Å². The molecule has 0 saturated carbocycles. The second-order valence-electron chi connectivity index (χ2n) is 4.10. The second kappa shape index (κ2) is 5.86. The first kappa shape index (κ1) is 13.6. The van der Waals surface area contributed by atoms with E-state index >= 15 is 0 Å². The first-order valence-corrected chi connectivity index (χ1v) is 6.98. The Morgan fingerprint density at radius 3 is 2.42 bits per heavy atom. The lowest BCUT2D eigenvalue weighted by molar-refractivity contribution is -0.384. The minimum Gasteiger partial charge on any atom is -0.320 e. The molecule has 0 spiro atoms. The normalized spacial score (nSPS) is 12.1. The monoisotopic (exact) mass is 274 g/mol. The van der Waals surface area contributed by atoms with Crippen molar-refractivity contribution in [3.8, 4) is 0 Å². The van der Waals surface area contributed by atoms with E-state index in [9.17, 15) is 10.1 Å². The van der Waals surface area contributed by atoms with Gasteiger partial charge in [-0.1, -0.05) is 24.3 Å². The maximum atomic E-state index is 10.8. The number of nitro groups is 1. The maximum absolute atomic E-state index is 10.8. The molecular weight excluding hydrogens is 260 g/mol. The Morgan fingerprint density at radius 1 is 1.16 bits per heavy atom. The van der Waals surface area contributed by atoms with Crippen molar-refractivity contribution in [2.24, 2.45) is 5.73 Å². The van der Waals surface area contributed by atoms with Crippen LogP contribution in [-0.2, 0) is 0 Å². The summed E-state index contributed by atoms with van der Waals surface area (Å²) in [5.41, 5.74) is 7.90. The van der Waals surface area contributed by atoms with Crippen LogP contribution < -0.4 is 5.73 Å². The zero-order valence-corrected chi connectivity index (χ0v) is 11.3. The first-order valence-electron chi connectivity index (χ1n) is 5.75. The Morgan fingerprint density at radius 2 is 1.84 bits per heavy atom. The van der Waals surface area contributed by atoms with Gasteiger partial charge in [-0.3, -0.25) is 10.1 Å². The van der Waals surface area contributed by atoms with Gasteiger partial charge in [-0.2, -0.15) is 0 Å². The van der Waals surface area contributed by atoms with Crippen LogP contribution in [0.15, 0.2) is 53.4 Å². The summed E-state index contributed by atoms with van der Waals surface area (Å²) in [6.45, 7) is 0. The lowest BCUT2D eigenvalue weighted by Gasteiger charge is -2.12.